The molecule has 1 aliphatic rings. The lowest BCUT2D eigenvalue weighted by Crippen LogP contribution is -2.35. The molecule has 4 nitrogen and oxygen atoms in total. The molecule has 0 aromatic heterocycles. The predicted octanol–water partition coefficient (Wildman–Crippen LogP) is 3.74. The Balaban J connectivity index is 0.00000242. The summed E-state index contributed by atoms with van der Waals surface area (Å²) in [7, 11) is 0. The van der Waals surface area contributed by atoms with Crippen molar-refractivity contribution in [3.63, 3.8) is 0 Å². The summed E-state index contributed by atoms with van der Waals surface area (Å²) in [6, 6.07) is 7.67. The van der Waals surface area contributed by atoms with Crippen LogP contribution in [0.1, 0.15) is 46.0 Å². The van der Waals surface area contributed by atoms with Crippen molar-refractivity contribution in [1.29, 1.82) is 0 Å². The summed E-state index contributed by atoms with van der Waals surface area (Å²) >= 11 is 0. The van der Waals surface area contributed by atoms with Crippen LogP contribution in [0, 0.1) is 5.92 Å². The highest BCUT2D eigenvalue weighted by molar-refractivity contribution is 5.90. The monoisotopic (exact) mass is 326 g/mol. The zero-order chi connectivity index (χ0) is 15.2. The number of ether oxygens (including phenoxy) is 1. The maximum absolute atomic E-state index is 12.1. The van der Waals surface area contributed by atoms with Gasteiger partial charge in [-0.1, -0.05) is 12.8 Å². The van der Waals surface area contributed by atoms with Gasteiger partial charge in [0.1, 0.15) is 5.75 Å². The molecule has 0 bridgehead atoms. The van der Waals surface area contributed by atoms with Crippen LogP contribution in [0.5, 0.6) is 5.75 Å². The molecule has 0 spiro atoms. The van der Waals surface area contributed by atoms with Crippen LogP contribution in [0.3, 0.4) is 0 Å². The van der Waals surface area contributed by atoms with Crippen LogP contribution in [0.25, 0.3) is 0 Å². The predicted molar refractivity (Wildman–Crippen MR) is 92.6 cm³/mol. The molecule has 0 saturated heterocycles. The Morgan fingerprint density at radius 3 is 2.50 bits per heavy atom. The van der Waals surface area contributed by atoms with Gasteiger partial charge >= 0.3 is 0 Å². The minimum absolute atomic E-state index is 0. The Labute approximate surface area is 139 Å². The van der Waals surface area contributed by atoms with E-state index >= 15 is 0 Å². The number of carbonyl (C=O) groups excluding carboxylic acids is 1. The van der Waals surface area contributed by atoms with Crippen LogP contribution in [-0.4, -0.2) is 18.1 Å². The fourth-order valence-electron chi connectivity index (χ4n) is 2.83. The van der Waals surface area contributed by atoms with E-state index in [0.717, 1.165) is 24.3 Å². The van der Waals surface area contributed by atoms with Gasteiger partial charge in [0, 0.05) is 18.2 Å². The zero-order valence-corrected chi connectivity index (χ0v) is 14.2. The van der Waals surface area contributed by atoms with Gasteiger partial charge in [0.2, 0.25) is 5.91 Å². The molecule has 3 N–H and O–H groups in total. The van der Waals surface area contributed by atoms with E-state index in [1.165, 1.54) is 12.8 Å². The van der Waals surface area contributed by atoms with Gasteiger partial charge < -0.3 is 15.8 Å². The number of hydrogen-bond donors (Lipinski definition) is 2. The molecule has 1 saturated carbocycles. The van der Waals surface area contributed by atoms with Crippen molar-refractivity contribution < 1.29 is 9.53 Å². The molecular weight excluding hydrogens is 300 g/mol. The number of hydrogen-bond acceptors (Lipinski definition) is 3. The quantitative estimate of drug-likeness (QED) is 0.866. The van der Waals surface area contributed by atoms with Crippen LogP contribution in [-0.2, 0) is 4.79 Å². The standard InChI is InChI=1S/C17H26N2O2.ClH/c1-12(2)21-15-9-7-14(8-10-15)19-17(20)11-13-5-3-4-6-16(13)18;/h7-10,12-13,16H,3-6,11,18H2,1-2H3,(H,19,20);1H. The first kappa shape index (κ1) is 18.8. The average molecular weight is 327 g/mol. The molecule has 2 atom stereocenters. The van der Waals surface area contributed by atoms with E-state index in [1.54, 1.807) is 0 Å². The molecule has 0 aliphatic heterocycles. The van der Waals surface area contributed by atoms with Crippen molar-refractivity contribution >= 4 is 24.0 Å². The number of halogens is 1. The Kier molecular flexibility index (Phi) is 7.69. The number of carbonyl (C=O) groups is 1. The summed E-state index contributed by atoms with van der Waals surface area (Å²) in [5, 5.41) is 2.94. The third kappa shape index (κ3) is 5.85. The van der Waals surface area contributed by atoms with E-state index in [-0.39, 0.29) is 30.5 Å². The van der Waals surface area contributed by atoms with Crippen molar-refractivity contribution in [2.24, 2.45) is 11.7 Å². The molecule has 1 fully saturated rings. The number of nitrogens with two attached hydrogens (primary N) is 1. The summed E-state index contributed by atoms with van der Waals surface area (Å²) in [4.78, 5) is 12.1. The maximum Gasteiger partial charge on any atom is 0.224 e. The van der Waals surface area contributed by atoms with Crippen LogP contribution in [0.4, 0.5) is 5.69 Å². The number of nitrogens with one attached hydrogen (secondary N) is 1. The number of anilines is 1. The lowest BCUT2D eigenvalue weighted by Gasteiger charge is -2.27. The van der Waals surface area contributed by atoms with Crippen LogP contribution >= 0.6 is 12.4 Å². The SMILES string of the molecule is CC(C)Oc1ccc(NC(=O)CC2CCCCC2N)cc1.Cl. The van der Waals surface area contributed by atoms with E-state index < -0.39 is 0 Å². The summed E-state index contributed by atoms with van der Waals surface area (Å²) in [5.74, 6) is 1.19. The van der Waals surface area contributed by atoms with E-state index in [4.69, 9.17) is 10.5 Å². The van der Waals surface area contributed by atoms with Crippen LogP contribution < -0.4 is 15.8 Å². The first-order valence-corrected chi connectivity index (χ1v) is 7.86. The normalized spacial score (nSPS) is 21.1. The Bertz CT molecular complexity index is 462. The van der Waals surface area contributed by atoms with Crippen molar-refractivity contribution in [2.45, 2.75) is 58.1 Å². The Morgan fingerprint density at radius 1 is 1.27 bits per heavy atom. The van der Waals surface area contributed by atoms with Gasteiger partial charge in [0.15, 0.2) is 0 Å². The lowest BCUT2D eigenvalue weighted by molar-refractivity contribution is -0.117. The van der Waals surface area contributed by atoms with Crippen molar-refractivity contribution in [3.8, 4) is 5.75 Å². The molecule has 0 radical (unpaired) electrons. The molecule has 1 aromatic carbocycles. The largest absolute Gasteiger partial charge is 0.491 e. The first-order valence-electron chi connectivity index (χ1n) is 7.86. The topological polar surface area (TPSA) is 64.3 Å². The van der Waals surface area contributed by atoms with Gasteiger partial charge in [0.25, 0.3) is 0 Å². The molecule has 2 rings (SSSR count). The number of benzene rings is 1. The van der Waals surface area contributed by atoms with Crippen molar-refractivity contribution in [2.75, 3.05) is 5.32 Å². The molecule has 22 heavy (non-hydrogen) atoms. The van der Waals surface area contributed by atoms with Gasteiger partial charge in [-0.15, -0.1) is 12.4 Å². The van der Waals surface area contributed by atoms with Crippen molar-refractivity contribution in [3.05, 3.63) is 24.3 Å². The van der Waals surface area contributed by atoms with Gasteiger partial charge in [-0.2, -0.15) is 0 Å². The first-order chi connectivity index (χ1) is 10.0. The van der Waals surface area contributed by atoms with Crippen LogP contribution in [0.2, 0.25) is 0 Å². The minimum atomic E-state index is 0. The van der Waals surface area contributed by atoms with E-state index in [2.05, 4.69) is 5.32 Å². The molecule has 0 heterocycles. The summed E-state index contributed by atoms with van der Waals surface area (Å²) in [6.07, 6.45) is 5.15. The second kappa shape index (κ2) is 9.01. The fraction of sp³-hybridized carbons (Fsp3) is 0.588. The smallest absolute Gasteiger partial charge is 0.224 e. The molecule has 1 amide bonds. The van der Waals surface area contributed by atoms with Gasteiger partial charge in [-0.25, -0.2) is 0 Å². The molecular formula is C17H27ClN2O2. The zero-order valence-electron chi connectivity index (χ0n) is 13.4. The van der Waals surface area contributed by atoms with E-state index in [1.807, 2.05) is 38.1 Å². The van der Waals surface area contributed by atoms with Gasteiger partial charge in [-0.3, -0.25) is 4.79 Å². The number of amides is 1. The molecule has 1 aromatic rings. The summed E-state index contributed by atoms with van der Waals surface area (Å²) in [6.45, 7) is 3.98. The minimum Gasteiger partial charge on any atom is -0.491 e. The van der Waals surface area contributed by atoms with Gasteiger partial charge in [0.05, 0.1) is 6.10 Å². The fourth-order valence-corrected chi connectivity index (χ4v) is 2.83. The van der Waals surface area contributed by atoms with E-state index in [9.17, 15) is 4.79 Å². The van der Waals surface area contributed by atoms with Crippen LogP contribution in [0.15, 0.2) is 24.3 Å². The third-order valence-corrected chi connectivity index (χ3v) is 3.93. The average Bonchev–Trinajstić information content (AvgIpc) is 2.43. The summed E-state index contributed by atoms with van der Waals surface area (Å²) in [5.41, 5.74) is 6.90. The second-order valence-corrected chi connectivity index (χ2v) is 6.15. The highest BCUT2D eigenvalue weighted by Gasteiger charge is 2.24. The Hall–Kier alpha value is -1.26. The summed E-state index contributed by atoms with van der Waals surface area (Å²) < 4.78 is 5.58. The van der Waals surface area contributed by atoms with Crippen molar-refractivity contribution in [1.82, 2.24) is 0 Å². The molecule has 124 valence electrons. The highest BCUT2D eigenvalue weighted by atomic mass is 35.5. The second-order valence-electron chi connectivity index (χ2n) is 6.15. The number of rotatable bonds is 5. The third-order valence-electron chi connectivity index (χ3n) is 3.93. The molecule has 2 unspecified atom stereocenters. The maximum atomic E-state index is 12.1. The Morgan fingerprint density at radius 2 is 1.91 bits per heavy atom. The van der Waals surface area contributed by atoms with Gasteiger partial charge in [-0.05, 0) is 56.9 Å². The van der Waals surface area contributed by atoms with E-state index in [0.29, 0.717) is 12.3 Å². The highest BCUT2D eigenvalue weighted by Crippen LogP contribution is 2.26. The molecule has 1 aliphatic carbocycles. The lowest BCUT2D eigenvalue weighted by atomic mass is 9.83. The molecule has 5 heteroatoms.